The molecule has 0 amide bonds. The summed E-state index contributed by atoms with van der Waals surface area (Å²) in [6.45, 7) is 2.87. The van der Waals surface area contributed by atoms with Crippen LogP contribution in [0.1, 0.15) is 30.0 Å². The van der Waals surface area contributed by atoms with Crippen LogP contribution < -0.4 is 0 Å². The van der Waals surface area contributed by atoms with Crippen molar-refractivity contribution in [3.05, 3.63) is 47.5 Å². The maximum atomic E-state index is 13.0. The first kappa shape index (κ1) is 15.2. The van der Waals surface area contributed by atoms with Gasteiger partial charge < -0.3 is 0 Å². The van der Waals surface area contributed by atoms with Crippen molar-refractivity contribution in [3.63, 3.8) is 0 Å². The lowest BCUT2D eigenvalue weighted by atomic mass is 9.94. The number of halogens is 1. The van der Waals surface area contributed by atoms with Crippen molar-refractivity contribution in [2.75, 3.05) is 13.1 Å². The standard InChI is InChI=1S/C15H18FN3O2S/c1-11-9-17-18-15(11)12-3-2-8-19(10-12)22(20,21)14-6-4-13(16)5-7-14/h4-7,9,12H,2-3,8,10H2,1H3,(H,17,18)/t12-/m0/s1. The maximum absolute atomic E-state index is 13.0. The Morgan fingerprint density at radius 2 is 2.05 bits per heavy atom. The minimum absolute atomic E-state index is 0.117. The molecule has 1 fully saturated rings. The molecule has 22 heavy (non-hydrogen) atoms. The lowest BCUT2D eigenvalue weighted by molar-refractivity contribution is 0.312. The molecule has 1 atom stereocenters. The Bertz CT molecular complexity index is 755. The molecule has 0 unspecified atom stereocenters. The van der Waals surface area contributed by atoms with Crippen molar-refractivity contribution in [2.24, 2.45) is 0 Å². The van der Waals surface area contributed by atoms with Gasteiger partial charge in [0.05, 0.1) is 11.1 Å². The molecule has 5 nitrogen and oxygen atoms in total. The number of aryl methyl sites for hydroxylation is 1. The summed E-state index contributed by atoms with van der Waals surface area (Å²) < 4.78 is 39.8. The van der Waals surface area contributed by atoms with Crippen LogP contribution in [0.15, 0.2) is 35.4 Å². The summed E-state index contributed by atoms with van der Waals surface area (Å²) in [5, 5.41) is 6.99. The van der Waals surface area contributed by atoms with Gasteiger partial charge in [-0.25, -0.2) is 12.8 Å². The third kappa shape index (κ3) is 2.78. The average Bonchev–Trinajstić information content (AvgIpc) is 2.94. The molecule has 1 N–H and O–H groups in total. The second-order valence-electron chi connectivity index (χ2n) is 5.62. The van der Waals surface area contributed by atoms with Crippen molar-refractivity contribution in [1.29, 1.82) is 0 Å². The predicted octanol–water partition coefficient (Wildman–Crippen LogP) is 2.43. The molecule has 0 saturated carbocycles. The summed E-state index contributed by atoms with van der Waals surface area (Å²) in [5.41, 5.74) is 2.05. The van der Waals surface area contributed by atoms with Crippen LogP contribution in [-0.2, 0) is 10.0 Å². The molecular weight excluding hydrogens is 305 g/mol. The van der Waals surface area contributed by atoms with Gasteiger partial charge in [-0.05, 0) is 49.6 Å². The van der Waals surface area contributed by atoms with Crippen LogP contribution in [0.5, 0.6) is 0 Å². The molecule has 118 valence electrons. The van der Waals surface area contributed by atoms with E-state index in [1.54, 1.807) is 6.20 Å². The van der Waals surface area contributed by atoms with Gasteiger partial charge in [-0.1, -0.05) is 0 Å². The highest BCUT2D eigenvalue weighted by Crippen LogP contribution is 2.30. The number of H-pyrrole nitrogens is 1. The molecule has 0 radical (unpaired) electrons. The first-order valence-corrected chi connectivity index (χ1v) is 8.68. The van der Waals surface area contributed by atoms with E-state index in [1.807, 2.05) is 6.92 Å². The lowest BCUT2D eigenvalue weighted by Crippen LogP contribution is -2.39. The van der Waals surface area contributed by atoms with Gasteiger partial charge in [0.2, 0.25) is 10.0 Å². The predicted molar refractivity (Wildman–Crippen MR) is 80.5 cm³/mol. The largest absolute Gasteiger partial charge is 0.282 e. The summed E-state index contributed by atoms with van der Waals surface area (Å²) in [6.07, 6.45) is 3.48. The normalized spacial score (nSPS) is 20.2. The van der Waals surface area contributed by atoms with Crippen molar-refractivity contribution in [3.8, 4) is 0 Å². The first-order valence-electron chi connectivity index (χ1n) is 7.24. The van der Waals surface area contributed by atoms with Gasteiger partial charge in [-0.3, -0.25) is 5.10 Å². The van der Waals surface area contributed by atoms with E-state index in [2.05, 4.69) is 10.2 Å². The van der Waals surface area contributed by atoms with Gasteiger partial charge in [0.15, 0.2) is 0 Å². The molecule has 1 aliphatic heterocycles. The van der Waals surface area contributed by atoms with E-state index >= 15 is 0 Å². The quantitative estimate of drug-likeness (QED) is 0.943. The Morgan fingerprint density at radius 3 is 2.68 bits per heavy atom. The molecule has 7 heteroatoms. The Kier molecular flexibility index (Phi) is 4.01. The SMILES string of the molecule is Cc1cn[nH]c1[C@H]1CCCN(S(=O)(=O)c2ccc(F)cc2)C1. The summed E-state index contributed by atoms with van der Waals surface area (Å²) in [6, 6.07) is 4.98. The fourth-order valence-corrected chi connectivity index (χ4v) is 4.45. The van der Waals surface area contributed by atoms with Crippen LogP contribution in [0.25, 0.3) is 0 Å². The van der Waals surface area contributed by atoms with Crippen LogP contribution in [0.3, 0.4) is 0 Å². The second-order valence-corrected chi connectivity index (χ2v) is 7.56. The monoisotopic (exact) mass is 323 g/mol. The van der Waals surface area contributed by atoms with Gasteiger partial charge in [0.1, 0.15) is 5.82 Å². The van der Waals surface area contributed by atoms with E-state index in [4.69, 9.17) is 0 Å². The van der Waals surface area contributed by atoms with Crippen molar-refractivity contribution in [1.82, 2.24) is 14.5 Å². The number of benzene rings is 1. The Balaban J connectivity index is 1.85. The highest BCUT2D eigenvalue weighted by atomic mass is 32.2. The van der Waals surface area contributed by atoms with E-state index in [1.165, 1.54) is 28.6 Å². The zero-order valence-electron chi connectivity index (χ0n) is 12.3. The molecule has 3 rings (SSSR count). The molecule has 0 aliphatic carbocycles. The maximum Gasteiger partial charge on any atom is 0.243 e. The highest BCUT2D eigenvalue weighted by molar-refractivity contribution is 7.89. The Hall–Kier alpha value is -1.73. The first-order chi connectivity index (χ1) is 10.5. The number of rotatable bonds is 3. The highest BCUT2D eigenvalue weighted by Gasteiger charge is 2.31. The molecule has 2 aromatic rings. The minimum Gasteiger partial charge on any atom is -0.282 e. The summed E-state index contributed by atoms with van der Waals surface area (Å²) in [7, 11) is -3.58. The van der Waals surface area contributed by atoms with E-state index in [9.17, 15) is 12.8 Å². The molecular formula is C15H18FN3O2S. The number of nitrogens with zero attached hydrogens (tertiary/aromatic N) is 2. The fourth-order valence-electron chi connectivity index (χ4n) is 2.92. The number of hydrogen-bond acceptors (Lipinski definition) is 3. The Morgan fingerprint density at radius 1 is 1.32 bits per heavy atom. The van der Waals surface area contributed by atoms with E-state index in [0.29, 0.717) is 13.1 Å². The van der Waals surface area contributed by atoms with Crippen LogP contribution in [0.4, 0.5) is 4.39 Å². The van der Waals surface area contributed by atoms with Crippen molar-refractivity contribution in [2.45, 2.75) is 30.6 Å². The fraction of sp³-hybridized carbons (Fsp3) is 0.400. The molecule has 2 heterocycles. The smallest absolute Gasteiger partial charge is 0.243 e. The van der Waals surface area contributed by atoms with Gasteiger partial charge in [-0.15, -0.1) is 0 Å². The van der Waals surface area contributed by atoms with Crippen molar-refractivity contribution >= 4 is 10.0 Å². The number of nitrogens with one attached hydrogen (secondary N) is 1. The Labute approximate surface area is 129 Å². The summed E-state index contributed by atoms with van der Waals surface area (Å²) in [4.78, 5) is 0.135. The van der Waals surface area contributed by atoms with Crippen LogP contribution in [0.2, 0.25) is 0 Å². The number of hydrogen-bond donors (Lipinski definition) is 1. The molecule has 1 aliphatic rings. The topological polar surface area (TPSA) is 66.1 Å². The third-order valence-electron chi connectivity index (χ3n) is 4.11. The summed E-state index contributed by atoms with van der Waals surface area (Å²) in [5.74, 6) is -0.324. The third-order valence-corrected chi connectivity index (χ3v) is 5.99. The number of sulfonamides is 1. The number of piperidine rings is 1. The number of aromatic nitrogens is 2. The van der Waals surface area contributed by atoms with Crippen molar-refractivity contribution < 1.29 is 12.8 Å². The van der Waals surface area contributed by atoms with Gasteiger partial charge in [-0.2, -0.15) is 9.40 Å². The van der Waals surface area contributed by atoms with Crippen LogP contribution >= 0.6 is 0 Å². The molecule has 1 aromatic heterocycles. The zero-order chi connectivity index (χ0) is 15.7. The average molecular weight is 323 g/mol. The molecule has 0 bridgehead atoms. The van der Waals surface area contributed by atoms with E-state index in [0.717, 1.165) is 24.1 Å². The second kappa shape index (κ2) is 5.81. The van der Waals surface area contributed by atoms with Gasteiger partial charge in [0, 0.05) is 24.7 Å². The number of aromatic amines is 1. The van der Waals surface area contributed by atoms with Crippen LogP contribution in [0, 0.1) is 12.7 Å². The lowest BCUT2D eigenvalue weighted by Gasteiger charge is -2.31. The summed E-state index contributed by atoms with van der Waals surface area (Å²) >= 11 is 0. The van der Waals surface area contributed by atoms with E-state index in [-0.39, 0.29) is 10.8 Å². The molecule has 0 spiro atoms. The van der Waals surface area contributed by atoms with Crippen LogP contribution in [-0.4, -0.2) is 36.0 Å². The zero-order valence-corrected chi connectivity index (χ0v) is 13.1. The molecule has 1 saturated heterocycles. The molecule has 1 aromatic carbocycles. The van der Waals surface area contributed by atoms with Gasteiger partial charge >= 0.3 is 0 Å². The van der Waals surface area contributed by atoms with E-state index < -0.39 is 15.8 Å². The van der Waals surface area contributed by atoms with Gasteiger partial charge in [0.25, 0.3) is 0 Å². The minimum atomic E-state index is -3.58.